The minimum atomic E-state index is -3.37. The molecular weight excluding hydrogens is 422 g/mol. The fraction of sp³-hybridized carbons (Fsp3) is 0.160. The van der Waals surface area contributed by atoms with Crippen molar-refractivity contribution >= 4 is 32.3 Å². The fourth-order valence-electron chi connectivity index (χ4n) is 3.44. The Hall–Kier alpha value is -3.58. The van der Waals surface area contributed by atoms with E-state index in [-0.39, 0.29) is 5.91 Å². The summed E-state index contributed by atoms with van der Waals surface area (Å²) in [4.78, 5) is 21.3. The van der Waals surface area contributed by atoms with Gasteiger partial charge in [0.1, 0.15) is 0 Å². The van der Waals surface area contributed by atoms with Crippen molar-refractivity contribution in [3.63, 3.8) is 0 Å². The topological polar surface area (TPSA) is 89.0 Å². The summed E-state index contributed by atoms with van der Waals surface area (Å²) in [6, 6.07) is 18.2. The molecule has 1 N–H and O–H groups in total. The Morgan fingerprint density at radius 3 is 2.47 bits per heavy atom. The number of anilines is 1. The second-order valence-corrected chi connectivity index (χ2v) is 10.7. The van der Waals surface area contributed by atoms with Gasteiger partial charge < -0.3 is 5.32 Å². The molecule has 7 heteroatoms. The van der Waals surface area contributed by atoms with Crippen LogP contribution in [-0.2, 0) is 14.6 Å². The van der Waals surface area contributed by atoms with Crippen LogP contribution in [0.2, 0.25) is 0 Å². The summed E-state index contributed by atoms with van der Waals surface area (Å²) in [6.07, 6.45) is 6.16. The Kier molecular flexibility index (Phi) is 5.52. The molecule has 4 aromatic rings. The average Bonchev–Trinajstić information content (AvgIpc) is 2.78. The zero-order valence-electron chi connectivity index (χ0n) is 18.0. The van der Waals surface area contributed by atoms with Crippen LogP contribution in [0.5, 0.6) is 0 Å². The summed E-state index contributed by atoms with van der Waals surface area (Å²) in [6.45, 7) is 3.39. The standard InChI is InChI=1S/C25H23N3O3S/c1-25(2,32(3,30)31)20-14-18-9-5-12-27-23(18)22(15-20)17-7-4-8-19(13-17)24(29)28-21-10-6-11-26-16-21/h4-16H,1-3H3,(H,28,29). The van der Waals surface area contributed by atoms with E-state index >= 15 is 0 Å². The molecule has 0 bridgehead atoms. The second kappa shape index (κ2) is 8.16. The van der Waals surface area contributed by atoms with Crippen molar-refractivity contribution in [3.05, 3.63) is 90.4 Å². The number of hydrogen-bond acceptors (Lipinski definition) is 5. The van der Waals surface area contributed by atoms with Crippen molar-refractivity contribution in [1.29, 1.82) is 0 Å². The van der Waals surface area contributed by atoms with Gasteiger partial charge in [0, 0.05) is 35.2 Å². The zero-order valence-corrected chi connectivity index (χ0v) is 18.8. The molecular formula is C25H23N3O3S. The maximum atomic E-state index is 12.8. The van der Waals surface area contributed by atoms with Crippen molar-refractivity contribution in [1.82, 2.24) is 9.97 Å². The number of pyridine rings is 2. The smallest absolute Gasteiger partial charge is 0.255 e. The molecule has 0 atom stereocenters. The van der Waals surface area contributed by atoms with Crippen LogP contribution in [0.1, 0.15) is 29.8 Å². The van der Waals surface area contributed by atoms with Crippen LogP contribution >= 0.6 is 0 Å². The highest BCUT2D eigenvalue weighted by Crippen LogP contribution is 2.36. The zero-order chi connectivity index (χ0) is 22.9. The first-order chi connectivity index (χ1) is 15.2. The summed E-state index contributed by atoms with van der Waals surface area (Å²) < 4.78 is 23.9. The maximum Gasteiger partial charge on any atom is 0.255 e. The second-order valence-electron chi connectivity index (χ2n) is 8.16. The van der Waals surface area contributed by atoms with Crippen molar-refractivity contribution < 1.29 is 13.2 Å². The predicted octanol–water partition coefficient (Wildman–Crippen LogP) is 4.83. The van der Waals surface area contributed by atoms with Gasteiger partial charge in [-0.2, -0.15) is 0 Å². The molecule has 4 rings (SSSR count). The van der Waals surface area contributed by atoms with Crippen molar-refractivity contribution in [2.45, 2.75) is 18.6 Å². The summed E-state index contributed by atoms with van der Waals surface area (Å²) in [5.41, 5.74) is 4.03. The highest BCUT2D eigenvalue weighted by atomic mass is 32.2. The third kappa shape index (κ3) is 4.11. The lowest BCUT2D eigenvalue weighted by atomic mass is 9.93. The van der Waals surface area contributed by atoms with Gasteiger partial charge in [0.15, 0.2) is 9.84 Å². The number of nitrogens with zero attached hydrogens (tertiary/aromatic N) is 2. The van der Waals surface area contributed by atoms with Gasteiger partial charge in [-0.1, -0.05) is 18.2 Å². The van der Waals surface area contributed by atoms with Crippen LogP contribution in [0.3, 0.4) is 0 Å². The average molecular weight is 446 g/mol. The van der Waals surface area contributed by atoms with E-state index in [1.165, 1.54) is 6.26 Å². The Balaban J connectivity index is 1.83. The first kappa shape index (κ1) is 21.6. The van der Waals surface area contributed by atoms with E-state index in [4.69, 9.17) is 0 Å². The monoisotopic (exact) mass is 445 g/mol. The summed E-state index contributed by atoms with van der Waals surface area (Å²) >= 11 is 0. The lowest BCUT2D eigenvalue weighted by Gasteiger charge is -2.24. The summed E-state index contributed by atoms with van der Waals surface area (Å²) in [5, 5.41) is 3.67. The normalized spacial score (nSPS) is 12.0. The molecule has 32 heavy (non-hydrogen) atoms. The van der Waals surface area contributed by atoms with Gasteiger partial charge in [-0.3, -0.25) is 14.8 Å². The molecule has 0 aliphatic heterocycles. The van der Waals surface area contributed by atoms with Crippen LogP contribution in [0.25, 0.3) is 22.0 Å². The van der Waals surface area contributed by atoms with E-state index < -0.39 is 14.6 Å². The summed E-state index contributed by atoms with van der Waals surface area (Å²) in [7, 11) is -3.37. The van der Waals surface area contributed by atoms with Crippen molar-refractivity contribution in [3.8, 4) is 11.1 Å². The minimum Gasteiger partial charge on any atom is -0.321 e. The number of hydrogen-bond donors (Lipinski definition) is 1. The number of sulfone groups is 1. The van der Waals surface area contributed by atoms with Gasteiger partial charge in [-0.25, -0.2) is 8.42 Å². The van der Waals surface area contributed by atoms with Gasteiger partial charge in [0.05, 0.1) is 22.1 Å². The van der Waals surface area contributed by atoms with E-state index in [0.29, 0.717) is 16.8 Å². The molecule has 0 aliphatic carbocycles. The Bertz CT molecular complexity index is 1420. The molecule has 2 aromatic carbocycles. The fourth-order valence-corrected chi connectivity index (χ4v) is 3.99. The van der Waals surface area contributed by atoms with E-state index in [1.807, 2.05) is 30.3 Å². The van der Waals surface area contributed by atoms with Crippen LogP contribution in [0.15, 0.2) is 79.3 Å². The van der Waals surface area contributed by atoms with Crippen molar-refractivity contribution in [2.24, 2.45) is 0 Å². The van der Waals surface area contributed by atoms with E-state index in [1.54, 1.807) is 62.8 Å². The third-order valence-electron chi connectivity index (χ3n) is 5.68. The SMILES string of the molecule is CC(C)(c1cc(-c2cccc(C(=O)Nc3cccnc3)c2)c2ncccc2c1)S(C)(=O)=O. The first-order valence-electron chi connectivity index (χ1n) is 10.1. The number of aromatic nitrogens is 2. The summed E-state index contributed by atoms with van der Waals surface area (Å²) in [5.74, 6) is -0.260. The number of fused-ring (bicyclic) bond motifs is 1. The minimum absolute atomic E-state index is 0.260. The third-order valence-corrected chi connectivity index (χ3v) is 7.77. The van der Waals surface area contributed by atoms with Gasteiger partial charge >= 0.3 is 0 Å². The largest absolute Gasteiger partial charge is 0.321 e. The lowest BCUT2D eigenvalue weighted by Crippen LogP contribution is -2.28. The van der Waals surface area contributed by atoms with Gasteiger partial charge in [-0.05, 0) is 67.4 Å². The number of carbonyl (C=O) groups excluding carboxylic acids is 1. The lowest BCUT2D eigenvalue weighted by molar-refractivity contribution is 0.102. The number of nitrogens with one attached hydrogen (secondary N) is 1. The number of rotatable bonds is 5. The molecule has 0 saturated carbocycles. The molecule has 0 radical (unpaired) electrons. The molecule has 1 amide bonds. The molecule has 0 unspecified atom stereocenters. The molecule has 2 heterocycles. The predicted molar refractivity (Wildman–Crippen MR) is 127 cm³/mol. The highest BCUT2D eigenvalue weighted by Gasteiger charge is 2.33. The van der Waals surface area contributed by atoms with Crippen LogP contribution in [-0.4, -0.2) is 30.5 Å². The van der Waals surface area contributed by atoms with Crippen LogP contribution in [0.4, 0.5) is 5.69 Å². The molecule has 0 fully saturated rings. The van der Waals surface area contributed by atoms with Crippen LogP contribution in [0, 0.1) is 0 Å². The number of benzene rings is 2. The van der Waals surface area contributed by atoms with Gasteiger partial charge in [-0.15, -0.1) is 0 Å². The van der Waals surface area contributed by atoms with Gasteiger partial charge in [0.2, 0.25) is 0 Å². The molecule has 0 spiro atoms. The number of amides is 1. The van der Waals surface area contributed by atoms with Gasteiger partial charge in [0.25, 0.3) is 5.91 Å². The van der Waals surface area contributed by atoms with E-state index in [2.05, 4.69) is 15.3 Å². The first-order valence-corrected chi connectivity index (χ1v) is 12.0. The van der Waals surface area contributed by atoms with E-state index in [9.17, 15) is 13.2 Å². The highest BCUT2D eigenvalue weighted by molar-refractivity contribution is 7.91. The van der Waals surface area contributed by atoms with E-state index in [0.717, 1.165) is 22.0 Å². The maximum absolute atomic E-state index is 12.8. The van der Waals surface area contributed by atoms with Crippen molar-refractivity contribution in [2.75, 3.05) is 11.6 Å². The quantitative estimate of drug-likeness (QED) is 0.475. The molecule has 162 valence electrons. The Morgan fingerprint density at radius 1 is 0.969 bits per heavy atom. The molecule has 0 saturated heterocycles. The Labute approximate surface area is 187 Å². The molecule has 6 nitrogen and oxygen atoms in total. The molecule has 2 aromatic heterocycles. The number of carbonyl (C=O) groups is 1. The van der Waals surface area contributed by atoms with Crippen LogP contribution < -0.4 is 5.32 Å². The molecule has 0 aliphatic rings. The Morgan fingerprint density at radius 2 is 1.75 bits per heavy atom.